The van der Waals surface area contributed by atoms with Crippen LogP contribution in [0.25, 0.3) is 0 Å². The van der Waals surface area contributed by atoms with Gasteiger partial charge in [0.2, 0.25) is 5.91 Å². The number of non-ortho nitro benzene ring substituents is 1. The van der Waals surface area contributed by atoms with E-state index in [2.05, 4.69) is 10.2 Å². The van der Waals surface area contributed by atoms with Crippen molar-refractivity contribution in [1.82, 2.24) is 5.32 Å². The Bertz CT molecular complexity index is 568. The second-order valence-corrected chi connectivity index (χ2v) is 5.81. The summed E-state index contributed by atoms with van der Waals surface area (Å²) in [5.41, 5.74) is 1.89. The molecule has 1 aromatic carbocycles. The monoisotopic (exact) mass is 321 g/mol. The Hall–Kier alpha value is -2.15. The molecule has 0 aromatic heterocycles. The van der Waals surface area contributed by atoms with Crippen LogP contribution in [0.3, 0.4) is 0 Å². The SMILES string of the molecule is CNC(=O)CC1CCN(c2ccc([N+](=O)[O-])cc2COC)CC1. The molecule has 0 bridgehead atoms. The van der Waals surface area contributed by atoms with Crippen molar-refractivity contribution in [3.63, 3.8) is 0 Å². The van der Waals surface area contributed by atoms with Crippen molar-refractivity contribution < 1.29 is 14.5 Å². The number of carbonyl (C=O) groups excluding carboxylic acids is 1. The Morgan fingerprint density at radius 1 is 1.43 bits per heavy atom. The minimum atomic E-state index is -0.390. The minimum absolute atomic E-state index is 0.0790. The zero-order valence-corrected chi connectivity index (χ0v) is 13.6. The topological polar surface area (TPSA) is 84.7 Å². The molecular weight excluding hydrogens is 298 g/mol. The Balaban J connectivity index is 2.07. The quantitative estimate of drug-likeness (QED) is 0.640. The Kier molecular flexibility index (Phi) is 5.92. The number of nitrogens with zero attached hydrogens (tertiary/aromatic N) is 2. The average molecular weight is 321 g/mol. The van der Waals surface area contributed by atoms with Crippen molar-refractivity contribution in [3.8, 4) is 0 Å². The third kappa shape index (κ3) is 4.41. The highest BCUT2D eigenvalue weighted by molar-refractivity contribution is 5.75. The van der Waals surface area contributed by atoms with Gasteiger partial charge in [0, 0.05) is 57.1 Å². The number of ether oxygens (including phenoxy) is 1. The van der Waals surface area contributed by atoms with Gasteiger partial charge >= 0.3 is 0 Å². The number of anilines is 1. The molecule has 126 valence electrons. The lowest BCUT2D eigenvalue weighted by Gasteiger charge is -2.34. The van der Waals surface area contributed by atoms with Crippen LogP contribution in [-0.4, -0.2) is 38.1 Å². The fraction of sp³-hybridized carbons (Fsp3) is 0.562. The molecule has 1 fully saturated rings. The van der Waals surface area contributed by atoms with E-state index in [1.165, 1.54) is 6.07 Å². The molecule has 1 amide bonds. The predicted octanol–water partition coefficient (Wildman–Crippen LogP) is 2.09. The van der Waals surface area contributed by atoms with Gasteiger partial charge in [-0.3, -0.25) is 14.9 Å². The van der Waals surface area contributed by atoms with E-state index in [0.29, 0.717) is 18.9 Å². The van der Waals surface area contributed by atoms with Crippen LogP contribution in [0.2, 0.25) is 0 Å². The van der Waals surface area contributed by atoms with Crippen LogP contribution >= 0.6 is 0 Å². The molecule has 1 aliphatic heterocycles. The molecule has 1 heterocycles. The first-order valence-electron chi connectivity index (χ1n) is 7.77. The van der Waals surface area contributed by atoms with Crippen molar-refractivity contribution in [2.75, 3.05) is 32.1 Å². The summed E-state index contributed by atoms with van der Waals surface area (Å²) in [5, 5.41) is 13.6. The normalized spacial score (nSPS) is 15.5. The molecule has 0 unspecified atom stereocenters. The lowest BCUT2D eigenvalue weighted by atomic mass is 9.92. The largest absolute Gasteiger partial charge is 0.380 e. The van der Waals surface area contributed by atoms with Crippen LogP contribution in [0, 0.1) is 16.0 Å². The number of carbonyl (C=O) groups is 1. The number of methoxy groups -OCH3 is 1. The van der Waals surface area contributed by atoms with Crippen LogP contribution in [0.4, 0.5) is 11.4 Å². The van der Waals surface area contributed by atoms with E-state index < -0.39 is 4.92 Å². The van der Waals surface area contributed by atoms with Gasteiger partial charge in [-0.05, 0) is 24.8 Å². The fourth-order valence-corrected chi connectivity index (χ4v) is 3.01. The predicted molar refractivity (Wildman–Crippen MR) is 87.4 cm³/mol. The van der Waals surface area contributed by atoms with Gasteiger partial charge in [-0.15, -0.1) is 0 Å². The maximum absolute atomic E-state index is 11.5. The zero-order valence-electron chi connectivity index (χ0n) is 13.6. The summed E-state index contributed by atoms with van der Waals surface area (Å²) in [6.45, 7) is 2.03. The van der Waals surface area contributed by atoms with Crippen molar-refractivity contribution in [2.24, 2.45) is 5.92 Å². The number of piperidine rings is 1. The van der Waals surface area contributed by atoms with E-state index in [9.17, 15) is 14.9 Å². The summed E-state index contributed by atoms with van der Waals surface area (Å²) >= 11 is 0. The molecule has 0 atom stereocenters. The van der Waals surface area contributed by atoms with Gasteiger partial charge in [-0.2, -0.15) is 0 Å². The molecular formula is C16H23N3O4. The minimum Gasteiger partial charge on any atom is -0.380 e. The van der Waals surface area contributed by atoms with Crippen LogP contribution in [0.5, 0.6) is 0 Å². The molecule has 7 heteroatoms. The number of benzene rings is 1. The fourth-order valence-electron chi connectivity index (χ4n) is 3.01. The average Bonchev–Trinajstić information content (AvgIpc) is 2.55. The molecule has 0 aliphatic carbocycles. The molecule has 1 aliphatic rings. The molecule has 0 saturated carbocycles. The van der Waals surface area contributed by atoms with Crippen LogP contribution in [-0.2, 0) is 16.1 Å². The maximum atomic E-state index is 11.5. The third-order valence-corrected chi connectivity index (χ3v) is 4.28. The van der Waals surface area contributed by atoms with Gasteiger partial charge in [0.25, 0.3) is 5.69 Å². The molecule has 1 N–H and O–H groups in total. The van der Waals surface area contributed by atoms with E-state index in [1.54, 1.807) is 26.3 Å². The summed E-state index contributed by atoms with van der Waals surface area (Å²) in [6, 6.07) is 4.91. The number of rotatable bonds is 6. The van der Waals surface area contributed by atoms with Crippen LogP contribution in [0.1, 0.15) is 24.8 Å². The Morgan fingerprint density at radius 3 is 2.70 bits per heavy atom. The van der Waals surface area contributed by atoms with Crippen molar-refractivity contribution in [2.45, 2.75) is 25.9 Å². The number of nitrogens with one attached hydrogen (secondary N) is 1. The zero-order chi connectivity index (χ0) is 16.8. The van der Waals surface area contributed by atoms with Crippen molar-refractivity contribution in [1.29, 1.82) is 0 Å². The standard InChI is InChI=1S/C16H23N3O4/c1-17-16(20)9-12-5-7-18(8-6-12)15-4-3-14(19(21)22)10-13(15)11-23-2/h3-4,10,12H,5-9,11H2,1-2H3,(H,17,20). The van der Waals surface area contributed by atoms with Crippen LogP contribution in [0.15, 0.2) is 18.2 Å². The van der Waals surface area contributed by atoms with Gasteiger partial charge < -0.3 is 15.0 Å². The number of hydrogen-bond acceptors (Lipinski definition) is 5. The number of nitro groups is 1. The van der Waals surface area contributed by atoms with Crippen LogP contribution < -0.4 is 10.2 Å². The summed E-state index contributed by atoms with van der Waals surface area (Å²) in [6.07, 6.45) is 2.45. The smallest absolute Gasteiger partial charge is 0.269 e. The summed E-state index contributed by atoms with van der Waals surface area (Å²) in [5.74, 6) is 0.481. The summed E-state index contributed by atoms with van der Waals surface area (Å²) in [7, 11) is 3.24. The van der Waals surface area contributed by atoms with Gasteiger partial charge in [-0.1, -0.05) is 0 Å². The third-order valence-electron chi connectivity index (χ3n) is 4.28. The van der Waals surface area contributed by atoms with E-state index in [0.717, 1.165) is 37.2 Å². The molecule has 7 nitrogen and oxygen atoms in total. The Morgan fingerprint density at radius 2 is 2.13 bits per heavy atom. The van der Waals surface area contributed by atoms with Crippen molar-refractivity contribution >= 4 is 17.3 Å². The molecule has 0 spiro atoms. The van der Waals surface area contributed by atoms with Crippen molar-refractivity contribution in [3.05, 3.63) is 33.9 Å². The number of hydrogen-bond donors (Lipinski definition) is 1. The van der Waals surface area contributed by atoms with Gasteiger partial charge in [0.15, 0.2) is 0 Å². The molecule has 2 rings (SSSR count). The lowest BCUT2D eigenvalue weighted by Crippen LogP contribution is -2.36. The van der Waals surface area contributed by atoms with E-state index in [-0.39, 0.29) is 11.6 Å². The number of nitro benzene ring substituents is 1. The summed E-state index contributed by atoms with van der Waals surface area (Å²) in [4.78, 5) is 24.2. The molecule has 23 heavy (non-hydrogen) atoms. The molecule has 1 saturated heterocycles. The van der Waals surface area contributed by atoms with E-state index in [4.69, 9.17) is 4.74 Å². The van der Waals surface area contributed by atoms with Gasteiger partial charge in [0.1, 0.15) is 0 Å². The second-order valence-electron chi connectivity index (χ2n) is 5.81. The van der Waals surface area contributed by atoms with E-state index in [1.807, 2.05) is 0 Å². The maximum Gasteiger partial charge on any atom is 0.269 e. The first-order chi connectivity index (χ1) is 11.0. The highest BCUT2D eigenvalue weighted by Crippen LogP contribution is 2.30. The highest BCUT2D eigenvalue weighted by Gasteiger charge is 2.23. The first-order valence-corrected chi connectivity index (χ1v) is 7.77. The molecule has 1 aromatic rings. The highest BCUT2D eigenvalue weighted by atomic mass is 16.6. The Labute approximate surface area is 135 Å². The second kappa shape index (κ2) is 7.92. The number of amides is 1. The van der Waals surface area contributed by atoms with E-state index >= 15 is 0 Å². The van der Waals surface area contributed by atoms with Gasteiger partial charge in [-0.25, -0.2) is 0 Å². The van der Waals surface area contributed by atoms with Gasteiger partial charge in [0.05, 0.1) is 11.5 Å². The molecule has 0 radical (unpaired) electrons. The lowest BCUT2D eigenvalue weighted by molar-refractivity contribution is -0.384. The summed E-state index contributed by atoms with van der Waals surface area (Å²) < 4.78 is 5.18. The first kappa shape index (κ1) is 17.2.